The first-order valence-electron chi connectivity index (χ1n) is 5.12. The van der Waals surface area contributed by atoms with E-state index in [2.05, 4.69) is 18.2 Å². The number of hydrazine groups is 2. The number of hydrogen-bond acceptors (Lipinski definition) is 4. The second kappa shape index (κ2) is 5.03. The Kier molecular flexibility index (Phi) is 3.97. The van der Waals surface area contributed by atoms with Crippen molar-refractivity contribution in [3.05, 3.63) is 29.3 Å². The van der Waals surface area contributed by atoms with Crippen LogP contribution in [0.3, 0.4) is 0 Å². The van der Waals surface area contributed by atoms with Crippen molar-refractivity contribution in [3.63, 3.8) is 0 Å². The smallest absolute Gasteiger partial charge is 0.0555 e. The van der Waals surface area contributed by atoms with Crippen molar-refractivity contribution in [1.82, 2.24) is 15.6 Å². The average molecular weight is 208 g/mol. The molecule has 4 heteroatoms. The molecule has 1 aliphatic heterocycles. The number of nitrogens with one attached hydrogen (secondary N) is 1. The standard InChI is InChI=1S/C11H20N4/c1-9(12)7-5-6-8-11-10(2)14(3)13-15(11)4/h6-7,9,13H,8,12H2,1-4H3. The summed E-state index contributed by atoms with van der Waals surface area (Å²) >= 11 is 0. The van der Waals surface area contributed by atoms with Gasteiger partial charge in [-0.1, -0.05) is 0 Å². The van der Waals surface area contributed by atoms with Crippen LogP contribution in [0, 0.1) is 0 Å². The van der Waals surface area contributed by atoms with E-state index in [1.807, 2.05) is 43.2 Å². The Morgan fingerprint density at radius 3 is 2.60 bits per heavy atom. The van der Waals surface area contributed by atoms with Gasteiger partial charge in [0.2, 0.25) is 0 Å². The van der Waals surface area contributed by atoms with E-state index in [0.717, 1.165) is 6.42 Å². The van der Waals surface area contributed by atoms with Crippen LogP contribution in [0.4, 0.5) is 0 Å². The molecule has 1 aliphatic rings. The average Bonchev–Trinajstić information content (AvgIpc) is 2.37. The van der Waals surface area contributed by atoms with E-state index >= 15 is 0 Å². The fraction of sp³-hybridized carbons (Fsp3) is 0.545. The van der Waals surface area contributed by atoms with Crippen LogP contribution in [0.2, 0.25) is 0 Å². The molecule has 4 nitrogen and oxygen atoms in total. The Morgan fingerprint density at radius 2 is 2.13 bits per heavy atom. The lowest BCUT2D eigenvalue weighted by molar-refractivity contribution is 0.174. The lowest BCUT2D eigenvalue weighted by Gasteiger charge is -2.16. The third-order valence-corrected chi connectivity index (χ3v) is 2.40. The van der Waals surface area contributed by atoms with Gasteiger partial charge in [0.05, 0.1) is 5.70 Å². The largest absolute Gasteiger partial charge is 0.324 e. The molecule has 0 saturated carbocycles. The van der Waals surface area contributed by atoms with Gasteiger partial charge in [0, 0.05) is 32.3 Å². The maximum absolute atomic E-state index is 5.58. The molecule has 0 aromatic heterocycles. The van der Waals surface area contributed by atoms with Crippen LogP contribution >= 0.6 is 0 Å². The van der Waals surface area contributed by atoms with Gasteiger partial charge in [-0.25, -0.2) is 0 Å². The second-order valence-corrected chi connectivity index (χ2v) is 3.85. The summed E-state index contributed by atoms with van der Waals surface area (Å²) in [4.78, 5) is 0. The van der Waals surface area contributed by atoms with Crippen LogP contribution in [-0.2, 0) is 0 Å². The molecule has 0 bridgehead atoms. The molecule has 1 atom stereocenters. The van der Waals surface area contributed by atoms with Crippen molar-refractivity contribution in [2.45, 2.75) is 26.3 Å². The van der Waals surface area contributed by atoms with Gasteiger partial charge < -0.3 is 5.73 Å². The van der Waals surface area contributed by atoms with E-state index in [-0.39, 0.29) is 6.04 Å². The predicted molar refractivity (Wildman–Crippen MR) is 62.3 cm³/mol. The van der Waals surface area contributed by atoms with Gasteiger partial charge >= 0.3 is 0 Å². The van der Waals surface area contributed by atoms with Gasteiger partial charge in [-0.05, 0) is 26.0 Å². The number of nitrogens with two attached hydrogens (primary N) is 1. The third-order valence-electron chi connectivity index (χ3n) is 2.40. The maximum atomic E-state index is 5.58. The topological polar surface area (TPSA) is 44.5 Å². The Balaban J connectivity index is 2.62. The molecule has 1 heterocycles. The minimum absolute atomic E-state index is 0.0680. The molecule has 15 heavy (non-hydrogen) atoms. The molecule has 0 aromatic rings. The molecule has 0 aromatic carbocycles. The summed E-state index contributed by atoms with van der Waals surface area (Å²) in [5, 5.41) is 4.01. The van der Waals surface area contributed by atoms with Gasteiger partial charge in [0.1, 0.15) is 0 Å². The molecule has 1 rings (SSSR count). The molecule has 84 valence electrons. The summed E-state index contributed by atoms with van der Waals surface area (Å²) in [5.41, 5.74) is 14.3. The highest BCUT2D eigenvalue weighted by molar-refractivity contribution is 5.15. The molecule has 3 N–H and O–H groups in total. The zero-order chi connectivity index (χ0) is 11.4. The van der Waals surface area contributed by atoms with Crippen molar-refractivity contribution in [2.75, 3.05) is 14.1 Å². The minimum Gasteiger partial charge on any atom is -0.324 e. The molecule has 0 radical (unpaired) electrons. The van der Waals surface area contributed by atoms with Crippen LogP contribution in [0.5, 0.6) is 0 Å². The monoisotopic (exact) mass is 208 g/mol. The molecule has 0 spiro atoms. The first-order chi connectivity index (χ1) is 7.02. The van der Waals surface area contributed by atoms with E-state index in [1.165, 1.54) is 11.4 Å². The van der Waals surface area contributed by atoms with Gasteiger partial charge in [-0.3, -0.25) is 10.0 Å². The van der Waals surface area contributed by atoms with Crippen LogP contribution < -0.4 is 11.3 Å². The summed E-state index contributed by atoms with van der Waals surface area (Å²) in [6.45, 7) is 4.03. The SMILES string of the molecule is CC1=C(CC=C=CC(C)N)N(C)NN1C. The molecule has 0 amide bonds. The minimum atomic E-state index is 0.0680. The number of rotatable bonds is 3. The fourth-order valence-corrected chi connectivity index (χ4v) is 1.46. The quantitative estimate of drug-likeness (QED) is 0.678. The molecule has 1 unspecified atom stereocenters. The van der Waals surface area contributed by atoms with Gasteiger partial charge in [0.25, 0.3) is 0 Å². The Labute approximate surface area is 91.7 Å². The molecule has 0 aliphatic carbocycles. The Morgan fingerprint density at radius 1 is 1.47 bits per heavy atom. The summed E-state index contributed by atoms with van der Waals surface area (Å²) in [5.74, 6) is 0. The number of nitrogens with zero attached hydrogens (tertiary/aromatic N) is 2. The summed E-state index contributed by atoms with van der Waals surface area (Å²) in [6, 6.07) is 0.0680. The zero-order valence-electron chi connectivity index (χ0n) is 9.91. The summed E-state index contributed by atoms with van der Waals surface area (Å²) < 4.78 is 0. The highest BCUT2D eigenvalue weighted by Crippen LogP contribution is 2.19. The van der Waals surface area contributed by atoms with E-state index in [9.17, 15) is 0 Å². The van der Waals surface area contributed by atoms with Crippen LogP contribution in [0.15, 0.2) is 29.3 Å². The van der Waals surface area contributed by atoms with E-state index in [4.69, 9.17) is 5.73 Å². The van der Waals surface area contributed by atoms with Crippen molar-refractivity contribution < 1.29 is 0 Å². The fourth-order valence-electron chi connectivity index (χ4n) is 1.46. The van der Waals surface area contributed by atoms with Crippen LogP contribution in [0.25, 0.3) is 0 Å². The Hall–Kier alpha value is -1.22. The van der Waals surface area contributed by atoms with E-state index in [1.54, 1.807) is 0 Å². The summed E-state index contributed by atoms with van der Waals surface area (Å²) in [6.07, 6.45) is 4.73. The lowest BCUT2D eigenvalue weighted by atomic mass is 10.2. The van der Waals surface area contributed by atoms with Crippen LogP contribution in [0.1, 0.15) is 20.3 Å². The molecular weight excluding hydrogens is 188 g/mol. The van der Waals surface area contributed by atoms with Crippen molar-refractivity contribution in [1.29, 1.82) is 0 Å². The summed E-state index contributed by atoms with van der Waals surface area (Å²) in [7, 11) is 4.01. The second-order valence-electron chi connectivity index (χ2n) is 3.85. The van der Waals surface area contributed by atoms with Gasteiger partial charge in [0.15, 0.2) is 0 Å². The van der Waals surface area contributed by atoms with Gasteiger partial charge in [-0.2, -0.15) is 0 Å². The zero-order valence-corrected chi connectivity index (χ0v) is 9.91. The highest BCUT2D eigenvalue weighted by Gasteiger charge is 2.18. The maximum Gasteiger partial charge on any atom is 0.0555 e. The predicted octanol–water partition coefficient (Wildman–Crippen LogP) is 0.963. The molecule has 0 fully saturated rings. The third kappa shape index (κ3) is 3.13. The van der Waals surface area contributed by atoms with Crippen molar-refractivity contribution in [3.8, 4) is 0 Å². The van der Waals surface area contributed by atoms with E-state index in [0.29, 0.717) is 0 Å². The molecule has 0 saturated heterocycles. The lowest BCUT2D eigenvalue weighted by Crippen LogP contribution is -2.36. The first kappa shape index (κ1) is 11.9. The first-order valence-corrected chi connectivity index (χ1v) is 5.12. The molecular formula is C11H20N4. The van der Waals surface area contributed by atoms with Crippen molar-refractivity contribution >= 4 is 0 Å². The van der Waals surface area contributed by atoms with Crippen LogP contribution in [-0.4, -0.2) is 30.2 Å². The number of hydrogen-bond donors (Lipinski definition) is 2. The Bertz CT molecular complexity index is 311. The normalized spacial score (nSPS) is 17.9. The van der Waals surface area contributed by atoms with Gasteiger partial charge in [-0.15, -0.1) is 11.3 Å². The van der Waals surface area contributed by atoms with Crippen molar-refractivity contribution in [2.24, 2.45) is 5.73 Å². The number of allylic oxidation sites excluding steroid dienone is 2. The van der Waals surface area contributed by atoms with E-state index < -0.39 is 0 Å². The highest BCUT2D eigenvalue weighted by atomic mass is 15.8.